The number of furan rings is 1. The topological polar surface area (TPSA) is 82.5 Å². The molecule has 4 heterocycles. The highest BCUT2D eigenvalue weighted by atomic mass is 16.3. The first-order valence-electron chi connectivity index (χ1n) is 18.5. The molecule has 7 nitrogen and oxygen atoms in total. The lowest BCUT2D eigenvalue weighted by Crippen LogP contribution is -2.03. The Bertz CT molecular complexity index is 3230. The number of hydrogen-bond acceptors (Lipinski definition) is 6. The number of rotatable bonds is 6. The average Bonchev–Trinajstić information content (AvgIpc) is 3.82. The van der Waals surface area contributed by atoms with Gasteiger partial charge in [-0.1, -0.05) is 133 Å². The Kier molecular flexibility index (Phi) is 7.35. The lowest BCUT2D eigenvalue weighted by atomic mass is 10.0. The molecule has 0 amide bonds. The number of para-hydroxylation sites is 3. The molecule has 7 aromatic carbocycles. The van der Waals surface area contributed by atoms with E-state index in [0.717, 1.165) is 60.7 Å². The zero-order chi connectivity index (χ0) is 37.0. The number of hydrogen-bond donors (Lipinski definition) is 0. The van der Waals surface area contributed by atoms with Crippen LogP contribution < -0.4 is 0 Å². The van der Waals surface area contributed by atoms with E-state index >= 15 is 0 Å². The average molecular weight is 719 g/mol. The molecule has 0 spiro atoms. The highest BCUT2D eigenvalue weighted by molar-refractivity contribution is 6.11. The van der Waals surface area contributed by atoms with Gasteiger partial charge < -0.3 is 8.98 Å². The van der Waals surface area contributed by atoms with Crippen LogP contribution in [-0.2, 0) is 0 Å². The summed E-state index contributed by atoms with van der Waals surface area (Å²) >= 11 is 0. The molecule has 0 aliphatic heterocycles. The third kappa shape index (κ3) is 5.33. The molecule has 0 saturated heterocycles. The fourth-order valence-corrected chi connectivity index (χ4v) is 7.61. The van der Waals surface area contributed by atoms with Gasteiger partial charge in [-0.05, 0) is 59.7 Å². The minimum Gasteiger partial charge on any atom is -0.452 e. The van der Waals surface area contributed by atoms with Crippen LogP contribution in [0.2, 0.25) is 0 Å². The van der Waals surface area contributed by atoms with Crippen LogP contribution in [0.25, 0.3) is 106 Å². The summed E-state index contributed by atoms with van der Waals surface area (Å²) in [5, 5.41) is 3.15. The summed E-state index contributed by atoms with van der Waals surface area (Å²) in [6.45, 7) is 0. The molecule has 56 heavy (non-hydrogen) atoms. The molecule has 0 radical (unpaired) electrons. The van der Waals surface area contributed by atoms with Crippen molar-refractivity contribution in [2.24, 2.45) is 0 Å². The van der Waals surface area contributed by atoms with Crippen LogP contribution in [0.4, 0.5) is 0 Å². The van der Waals surface area contributed by atoms with E-state index in [2.05, 4.69) is 108 Å². The van der Waals surface area contributed by atoms with E-state index in [1.54, 1.807) is 0 Å². The summed E-state index contributed by atoms with van der Waals surface area (Å²) in [6, 6.07) is 61.9. The zero-order valence-corrected chi connectivity index (χ0v) is 29.9. The van der Waals surface area contributed by atoms with E-state index in [1.807, 2.05) is 78.9 Å². The fourth-order valence-electron chi connectivity index (χ4n) is 7.61. The van der Waals surface area contributed by atoms with Crippen LogP contribution >= 0.6 is 0 Å². The predicted octanol–water partition coefficient (Wildman–Crippen LogP) is 12.0. The van der Waals surface area contributed by atoms with Crippen LogP contribution in [0.15, 0.2) is 186 Å². The van der Waals surface area contributed by atoms with Gasteiger partial charge in [-0.3, -0.25) is 0 Å². The molecule has 0 bridgehead atoms. The smallest absolute Gasteiger partial charge is 0.186 e. The van der Waals surface area contributed by atoms with Gasteiger partial charge in [-0.2, -0.15) is 0 Å². The summed E-state index contributed by atoms with van der Waals surface area (Å²) < 4.78 is 8.84. The van der Waals surface area contributed by atoms with Crippen LogP contribution in [0.3, 0.4) is 0 Å². The van der Waals surface area contributed by atoms with E-state index in [-0.39, 0.29) is 0 Å². The Labute approximate surface area is 321 Å². The lowest BCUT2D eigenvalue weighted by Gasteiger charge is -2.10. The Morgan fingerprint density at radius 2 is 0.875 bits per heavy atom. The highest BCUT2D eigenvalue weighted by Crippen LogP contribution is 2.38. The molecule has 11 aromatic rings. The van der Waals surface area contributed by atoms with Crippen LogP contribution in [0.5, 0.6) is 0 Å². The largest absolute Gasteiger partial charge is 0.452 e. The number of nitrogens with zero attached hydrogens (tertiary/aromatic N) is 6. The van der Waals surface area contributed by atoms with Gasteiger partial charge in [0.25, 0.3) is 0 Å². The molecule has 0 saturated carbocycles. The second-order valence-corrected chi connectivity index (χ2v) is 13.7. The molecule has 0 unspecified atom stereocenters. The van der Waals surface area contributed by atoms with Gasteiger partial charge in [0.2, 0.25) is 0 Å². The zero-order valence-electron chi connectivity index (χ0n) is 29.9. The summed E-state index contributed by atoms with van der Waals surface area (Å²) in [6.07, 6.45) is 0. The van der Waals surface area contributed by atoms with Gasteiger partial charge in [0, 0.05) is 38.5 Å². The molecule has 0 aliphatic rings. The molecular formula is C49H30N6O. The summed E-state index contributed by atoms with van der Waals surface area (Å²) in [5.41, 5.74) is 10.6. The van der Waals surface area contributed by atoms with E-state index < -0.39 is 0 Å². The third-order valence-electron chi connectivity index (χ3n) is 10.3. The third-order valence-corrected chi connectivity index (χ3v) is 10.3. The standard InChI is InChI=1S/C49H30N6O/c1-4-14-31(15-5-1)32-24-26-34(27-25-32)47-52-46(33-16-6-2-7-17-33)53-49(54-47)44-45-43(38-21-11-13-23-42(38)56-45)50-48(51-44)35-28-29-41-39(30-35)37-20-10-12-22-40(37)55(41)36-18-8-3-9-19-36/h1-30H. The number of fused-ring (bicyclic) bond motifs is 6. The van der Waals surface area contributed by atoms with Crippen molar-refractivity contribution in [1.29, 1.82) is 0 Å². The van der Waals surface area contributed by atoms with Gasteiger partial charge in [0.05, 0.1) is 11.0 Å². The quantitative estimate of drug-likeness (QED) is 0.170. The molecular weight excluding hydrogens is 689 g/mol. The normalized spacial score (nSPS) is 11.6. The maximum atomic E-state index is 6.54. The minimum absolute atomic E-state index is 0.399. The van der Waals surface area contributed by atoms with E-state index in [1.165, 1.54) is 0 Å². The van der Waals surface area contributed by atoms with Crippen LogP contribution in [0.1, 0.15) is 0 Å². The minimum atomic E-state index is 0.399. The van der Waals surface area contributed by atoms with Crippen molar-refractivity contribution in [3.63, 3.8) is 0 Å². The Balaban J connectivity index is 1.13. The lowest BCUT2D eigenvalue weighted by molar-refractivity contribution is 0.666. The highest BCUT2D eigenvalue weighted by Gasteiger charge is 2.23. The molecule has 7 heteroatoms. The van der Waals surface area contributed by atoms with E-state index in [0.29, 0.717) is 45.7 Å². The SMILES string of the molecule is c1ccc(-c2ccc(-c3nc(-c4ccccc4)nc(-c4nc(-c5ccc6c(c5)c5ccccc5n6-c5ccccc5)nc5c4oc4ccccc45)n3)cc2)cc1. The maximum Gasteiger partial charge on any atom is 0.186 e. The predicted molar refractivity (Wildman–Crippen MR) is 224 cm³/mol. The van der Waals surface area contributed by atoms with Crippen LogP contribution in [-0.4, -0.2) is 29.5 Å². The van der Waals surface area contributed by atoms with Crippen molar-refractivity contribution in [1.82, 2.24) is 29.5 Å². The van der Waals surface area contributed by atoms with Crippen molar-refractivity contribution >= 4 is 43.9 Å². The van der Waals surface area contributed by atoms with Gasteiger partial charge in [0.1, 0.15) is 11.1 Å². The van der Waals surface area contributed by atoms with Crippen molar-refractivity contribution < 1.29 is 4.42 Å². The summed E-state index contributed by atoms with van der Waals surface area (Å²) in [7, 11) is 0. The van der Waals surface area contributed by atoms with Gasteiger partial charge >= 0.3 is 0 Å². The van der Waals surface area contributed by atoms with Gasteiger partial charge in [0.15, 0.2) is 34.6 Å². The molecule has 0 N–H and O–H groups in total. The van der Waals surface area contributed by atoms with Crippen molar-refractivity contribution in [2.45, 2.75) is 0 Å². The Morgan fingerprint density at radius 3 is 1.62 bits per heavy atom. The first-order valence-corrected chi connectivity index (χ1v) is 18.5. The maximum absolute atomic E-state index is 6.54. The monoisotopic (exact) mass is 718 g/mol. The Morgan fingerprint density at radius 1 is 0.357 bits per heavy atom. The van der Waals surface area contributed by atoms with Crippen molar-refractivity contribution in [3.8, 4) is 62.5 Å². The molecule has 0 fully saturated rings. The van der Waals surface area contributed by atoms with Crippen molar-refractivity contribution in [3.05, 3.63) is 182 Å². The second-order valence-electron chi connectivity index (χ2n) is 13.7. The van der Waals surface area contributed by atoms with Gasteiger partial charge in [-0.15, -0.1) is 0 Å². The summed E-state index contributed by atoms with van der Waals surface area (Å²) in [5.74, 6) is 2.02. The number of benzene rings is 7. The summed E-state index contributed by atoms with van der Waals surface area (Å²) in [4.78, 5) is 25.6. The molecule has 11 rings (SSSR count). The van der Waals surface area contributed by atoms with E-state index in [9.17, 15) is 0 Å². The second kappa shape index (κ2) is 13.0. The van der Waals surface area contributed by atoms with E-state index in [4.69, 9.17) is 29.3 Å². The molecule has 0 aliphatic carbocycles. The first-order chi connectivity index (χ1) is 27.7. The number of aromatic nitrogens is 6. The molecule has 262 valence electrons. The fraction of sp³-hybridized carbons (Fsp3) is 0. The van der Waals surface area contributed by atoms with Gasteiger partial charge in [-0.25, -0.2) is 24.9 Å². The first kappa shape index (κ1) is 31.7. The Hall–Kier alpha value is -7.77. The molecule has 0 atom stereocenters. The van der Waals surface area contributed by atoms with Crippen LogP contribution in [0, 0.1) is 0 Å². The molecule has 4 aromatic heterocycles. The van der Waals surface area contributed by atoms with Crippen molar-refractivity contribution in [2.75, 3.05) is 0 Å².